The van der Waals surface area contributed by atoms with Crippen molar-refractivity contribution in [1.82, 2.24) is 9.80 Å². The van der Waals surface area contributed by atoms with Crippen LogP contribution in [0, 0.1) is 11.8 Å². The van der Waals surface area contributed by atoms with Crippen LogP contribution in [0.4, 0.5) is 13.2 Å². The number of carbonyl (C=O) groups excluding carboxylic acids is 1. The Morgan fingerprint density at radius 1 is 1.14 bits per heavy atom. The van der Waals surface area contributed by atoms with E-state index in [2.05, 4.69) is 4.90 Å². The zero-order valence-corrected chi connectivity index (χ0v) is 20.1. The number of amides is 1. The molecule has 1 amide bonds. The number of rotatable bonds is 4. The van der Waals surface area contributed by atoms with E-state index in [-0.39, 0.29) is 23.5 Å². The normalized spacial score (nSPS) is 26.3. The molecule has 3 heterocycles. The first-order chi connectivity index (χ1) is 16.4. The maximum Gasteiger partial charge on any atom is 0.490 e. The summed E-state index contributed by atoms with van der Waals surface area (Å²) in [6.45, 7) is 4.18. The van der Waals surface area contributed by atoms with Crippen LogP contribution in [0.5, 0.6) is 5.75 Å². The number of carboxylic acids is 1. The molecule has 3 aliphatic rings. The number of carbonyl (C=O) groups is 2. The van der Waals surface area contributed by atoms with Gasteiger partial charge in [0, 0.05) is 44.6 Å². The van der Waals surface area contributed by atoms with E-state index in [0.717, 1.165) is 11.3 Å². The number of sulfone groups is 1. The molecule has 0 bridgehead atoms. The molecule has 1 aromatic rings. The third-order valence-corrected chi connectivity index (χ3v) is 8.75. The van der Waals surface area contributed by atoms with E-state index in [9.17, 15) is 26.4 Å². The van der Waals surface area contributed by atoms with Gasteiger partial charge in [0.1, 0.15) is 5.75 Å². The van der Waals surface area contributed by atoms with E-state index < -0.39 is 27.2 Å². The Morgan fingerprint density at radius 3 is 2.29 bits per heavy atom. The molecule has 196 valence electrons. The van der Waals surface area contributed by atoms with E-state index in [0.29, 0.717) is 52.4 Å². The van der Waals surface area contributed by atoms with Gasteiger partial charge in [0.2, 0.25) is 5.91 Å². The topological polar surface area (TPSA) is 113 Å². The average molecular weight is 523 g/mol. The molecule has 0 saturated carbocycles. The Balaban J connectivity index is 0.000000429. The van der Waals surface area contributed by atoms with Crippen molar-refractivity contribution in [1.29, 1.82) is 0 Å². The van der Waals surface area contributed by atoms with Gasteiger partial charge in [-0.05, 0) is 24.1 Å². The molecule has 1 N–H and O–H groups in total. The van der Waals surface area contributed by atoms with Crippen LogP contribution in [-0.4, -0.2) is 98.9 Å². The van der Waals surface area contributed by atoms with Crippen molar-refractivity contribution >= 4 is 21.7 Å². The molecule has 0 aromatic heterocycles. The monoisotopic (exact) mass is 522 g/mol. The van der Waals surface area contributed by atoms with Gasteiger partial charge in [-0.15, -0.1) is 0 Å². The van der Waals surface area contributed by atoms with Crippen LogP contribution in [0.2, 0.25) is 0 Å². The summed E-state index contributed by atoms with van der Waals surface area (Å²) in [5, 5.41) is 6.69. The third kappa shape index (κ3) is 6.85. The maximum absolute atomic E-state index is 13.1. The highest BCUT2D eigenvalue weighted by Crippen LogP contribution is 2.38. The quantitative estimate of drug-likeness (QED) is 0.632. The van der Waals surface area contributed by atoms with Gasteiger partial charge in [-0.2, -0.15) is 13.2 Å². The molecule has 3 fully saturated rings. The molecule has 3 aliphatic heterocycles. The number of fused-ring (bicyclic) bond motifs is 1. The predicted molar refractivity (Wildman–Crippen MR) is 119 cm³/mol. The number of halogens is 3. The summed E-state index contributed by atoms with van der Waals surface area (Å²) in [6.07, 6.45) is -4.64. The first kappa shape index (κ1) is 27.2. The fraction of sp³-hybridized carbons (Fsp3) is 0.636. The Kier molecular flexibility index (Phi) is 8.65. The smallest absolute Gasteiger partial charge is 0.490 e. The van der Waals surface area contributed by atoms with Crippen molar-refractivity contribution in [3.8, 4) is 5.75 Å². The maximum atomic E-state index is 13.1. The van der Waals surface area contributed by atoms with Crippen LogP contribution >= 0.6 is 0 Å². The lowest BCUT2D eigenvalue weighted by Crippen LogP contribution is -2.50. The van der Waals surface area contributed by atoms with Crippen LogP contribution in [0.25, 0.3) is 0 Å². The van der Waals surface area contributed by atoms with Crippen LogP contribution in [0.15, 0.2) is 24.3 Å². The van der Waals surface area contributed by atoms with Crippen molar-refractivity contribution in [3.05, 3.63) is 29.8 Å². The second kappa shape index (κ2) is 11.1. The summed E-state index contributed by atoms with van der Waals surface area (Å²) < 4.78 is 67.7. The number of aliphatic carboxylic acids is 1. The van der Waals surface area contributed by atoms with E-state index in [1.807, 2.05) is 29.2 Å². The van der Waals surface area contributed by atoms with Crippen LogP contribution in [-0.2, 0) is 30.7 Å². The number of hydrogen-bond acceptors (Lipinski definition) is 7. The number of carboxylic acid groups (broad SMARTS) is 1. The van der Waals surface area contributed by atoms with Crippen molar-refractivity contribution in [2.75, 3.05) is 52.3 Å². The van der Waals surface area contributed by atoms with Gasteiger partial charge in [-0.3, -0.25) is 9.69 Å². The minimum Gasteiger partial charge on any atom is -0.497 e. The van der Waals surface area contributed by atoms with E-state index in [1.165, 1.54) is 0 Å². The molecule has 3 saturated heterocycles. The van der Waals surface area contributed by atoms with Crippen LogP contribution in [0.1, 0.15) is 12.0 Å². The number of methoxy groups -OCH3 is 1. The number of likely N-dealkylation sites (tertiary alicyclic amines) is 1. The second-order valence-corrected chi connectivity index (χ2v) is 11.1. The van der Waals surface area contributed by atoms with Gasteiger partial charge in [-0.25, -0.2) is 13.2 Å². The van der Waals surface area contributed by atoms with Gasteiger partial charge in [-0.1, -0.05) is 12.1 Å². The van der Waals surface area contributed by atoms with Gasteiger partial charge in [0.05, 0.1) is 31.3 Å². The summed E-state index contributed by atoms with van der Waals surface area (Å²) in [7, 11) is -1.51. The lowest BCUT2D eigenvalue weighted by atomic mass is 9.87. The fourth-order valence-corrected chi connectivity index (χ4v) is 6.88. The largest absolute Gasteiger partial charge is 0.497 e. The van der Waals surface area contributed by atoms with Crippen molar-refractivity contribution in [3.63, 3.8) is 0 Å². The standard InChI is InChI=1S/C20H28N2O5S.C2HF3O2/c1-26-16-4-2-15(3-5-16)12-21-13-18-17(6-11-28(24,25)19(18)14-21)20(23)22-7-9-27-10-8-22;3-2(4,5)1(6)7/h2-5,17-19H,6-14H2,1H3;(H,6,7)/t17-,18-,19-;/m1./s1. The van der Waals surface area contributed by atoms with Crippen molar-refractivity contribution < 1.29 is 45.8 Å². The molecule has 1 aromatic carbocycles. The number of benzene rings is 1. The van der Waals surface area contributed by atoms with Crippen LogP contribution < -0.4 is 4.74 Å². The molecular formula is C22H29F3N2O7S. The van der Waals surface area contributed by atoms with Crippen molar-refractivity contribution in [2.24, 2.45) is 11.8 Å². The highest BCUT2D eigenvalue weighted by Gasteiger charge is 2.51. The SMILES string of the molecule is COc1ccc(CN2C[C@H]3[C@@H](C2)S(=O)(=O)CC[C@H]3C(=O)N2CCOCC2)cc1.O=C(O)C(F)(F)F. The van der Waals surface area contributed by atoms with E-state index in [4.69, 9.17) is 19.4 Å². The highest BCUT2D eigenvalue weighted by molar-refractivity contribution is 7.92. The van der Waals surface area contributed by atoms with Gasteiger partial charge in [0.25, 0.3) is 0 Å². The van der Waals surface area contributed by atoms with E-state index in [1.54, 1.807) is 7.11 Å². The summed E-state index contributed by atoms with van der Waals surface area (Å²) in [5.74, 6) is -2.05. The molecule has 0 unspecified atom stereocenters. The molecule has 0 aliphatic carbocycles. The van der Waals surface area contributed by atoms with Crippen LogP contribution in [0.3, 0.4) is 0 Å². The predicted octanol–water partition coefficient (Wildman–Crippen LogP) is 1.42. The second-order valence-electron chi connectivity index (χ2n) is 8.75. The first-order valence-corrected chi connectivity index (χ1v) is 12.9. The lowest BCUT2D eigenvalue weighted by Gasteiger charge is -2.36. The zero-order chi connectivity index (χ0) is 25.8. The zero-order valence-electron chi connectivity index (χ0n) is 19.2. The lowest BCUT2D eigenvalue weighted by molar-refractivity contribution is -0.192. The molecule has 9 nitrogen and oxygen atoms in total. The minimum absolute atomic E-state index is 0.111. The Bertz CT molecular complexity index is 995. The Hall–Kier alpha value is -2.38. The number of hydrogen-bond donors (Lipinski definition) is 1. The summed E-state index contributed by atoms with van der Waals surface area (Å²) >= 11 is 0. The number of alkyl halides is 3. The highest BCUT2D eigenvalue weighted by atomic mass is 32.2. The number of ether oxygens (including phenoxy) is 2. The number of nitrogens with zero attached hydrogens (tertiary/aromatic N) is 2. The molecule has 13 heteroatoms. The van der Waals surface area contributed by atoms with Gasteiger partial charge >= 0.3 is 12.1 Å². The van der Waals surface area contributed by atoms with Gasteiger partial charge < -0.3 is 19.5 Å². The molecule has 3 atom stereocenters. The molecule has 35 heavy (non-hydrogen) atoms. The average Bonchev–Trinajstić information content (AvgIpc) is 3.25. The first-order valence-electron chi connectivity index (χ1n) is 11.2. The summed E-state index contributed by atoms with van der Waals surface area (Å²) in [6, 6.07) is 7.84. The third-order valence-electron chi connectivity index (χ3n) is 6.52. The Labute approximate surface area is 201 Å². The molecule has 0 spiro atoms. The Morgan fingerprint density at radius 2 is 1.74 bits per heavy atom. The molecular weight excluding hydrogens is 493 g/mol. The summed E-state index contributed by atoms with van der Waals surface area (Å²) in [5.41, 5.74) is 1.12. The molecule has 0 radical (unpaired) electrons. The number of morpholine rings is 1. The minimum atomic E-state index is -5.08. The van der Waals surface area contributed by atoms with E-state index >= 15 is 0 Å². The fourth-order valence-electron chi connectivity index (χ4n) is 4.75. The van der Waals surface area contributed by atoms with Crippen molar-refractivity contribution in [2.45, 2.75) is 24.4 Å². The summed E-state index contributed by atoms with van der Waals surface area (Å²) in [4.78, 5) is 26.0. The molecule has 4 rings (SSSR count). The van der Waals surface area contributed by atoms with Gasteiger partial charge in [0.15, 0.2) is 9.84 Å².